The van der Waals surface area contributed by atoms with E-state index >= 15 is 0 Å². The van der Waals surface area contributed by atoms with Crippen LogP contribution in [-0.4, -0.2) is 23.4 Å². The smallest absolute Gasteiger partial charge is 0.222 e. The molecule has 2 atom stereocenters. The highest BCUT2D eigenvalue weighted by Crippen LogP contribution is 2.29. The second-order valence-electron chi connectivity index (χ2n) is 4.27. The van der Waals surface area contributed by atoms with Crippen LogP contribution in [0, 0.1) is 5.92 Å². The van der Waals surface area contributed by atoms with Crippen molar-refractivity contribution in [1.29, 1.82) is 0 Å². The minimum atomic E-state index is 0.401. The van der Waals surface area contributed by atoms with E-state index in [4.69, 9.17) is 0 Å². The van der Waals surface area contributed by atoms with Gasteiger partial charge in [0.1, 0.15) is 0 Å². The molecule has 2 unspecified atom stereocenters. The van der Waals surface area contributed by atoms with Crippen molar-refractivity contribution in [3.05, 3.63) is 0 Å². The van der Waals surface area contributed by atoms with Crippen LogP contribution in [0.2, 0.25) is 0 Å². The zero-order valence-corrected chi connectivity index (χ0v) is 7.75. The molecule has 12 heavy (non-hydrogen) atoms. The molecule has 2 heterocycles. The quantitative estimate of drug-likeness (QED) is 0.538. The Morgan fingerprint density at radius 2 is 2.17 bits per heavy atom. The summed E-state index contributed by atoms with van der Waals surface area (Å²) < 4.78 is 0. The summed E-state index contributed by atoms with van der Waals surface area (Å²) >= 11 is 0. The molecule has 0 radical (unpaired) electrons. The van der Waals surface area contributed by atoms with Crippen LogP contribution < -0.4 is 0 Å². The van der Waals surface area contributed by atoms with E-state index in [1.54, 1.807) is 0 Å². The summed E-state index contributed by atoms with van der Waals surface area (Å²) in [6.45, 7) is 3.27. The van der Waals surface area contributed by atoms with E-state index in [1.807, 2.05) is 0 Å². The van der Waals surface area contributed by atoms with Crippen molar-refractivity contribution in [3.63, 3.8) is 0 Å². The lowest BCUT2D eigenvalue weighted by molar-refractivity contribution is -0.139. The number of carbonyl (C=O) groups is 1. The van der Waals surface area contributed by atoms with Gasteiger partial charge in [0.25, 0.3) is 0 Å². The minimum absolute atomic E-state index is 0.401. The number of nitrogens with zero attached hydrogens (tertiary/aromatic N) is 1. The summed E-state index contributed by atoms with van der Waals surface area (Å²) in [4.78, 5) is 13.6. The molecule has 0 aromatic heterocycles. The zero-order chi connectivity index (χ0) is 8.55. The third kappa shape index (κ3) is 1.35. The molecule has 2 saturated heterocycles. The first-order valence-corrected chi connectivity index (χ1v) is 5.07. The van der Waals surface area contributed by atoms with Gasteiger partial charge in [0, 0.05) is 19.0 Å². The largest absolute Gasteiger partial charge is 0.339 e. The maximum absolute atomic E-state index is 11.5. The SMILES string of the molecule is CC1CCC2CCCC(=O)N2C1. The van der Waals surface area contributed by atoms with Gasteiger partial charge in [0.05, 0.1) is 0 Å². The summed E-state index contributed by atoms with van der Waals surface area (Å²) in [5, 5.41) is 0. The van der Waals surface area contributed by atoms with Gasteiger partial charge >= 0.3 is 0 Å². The predicted molar refractivity (Wildman–Crippen MR) is 47.8 cm³/mol. The van der Waals surface area contributed by atoms with Gasteiger partial charge in [-0.25, -0.2) is 0 Å². The van der Waals surface area contributed by atoms with Crippen LogP contribution in [0.15, 0.2) is 0 Å². The van der Waals surface area contributed by atoms with Crippen molar-refractivity contribution in [2.45, 2.75) is 45.1 Å². The first-order valence-electron chi connectivity index (χ1n) is 5.07. The number of hydrogen-bond acceptors (Lipinski definition) is 1. The van der Waals surface area contributed by atoms with Crippen molar-refractivity contribution < 1.29 is 4.79 Å². The van der Waals surface area contributed by atoms with E-state index in [1.165, 1.54) is 19.3 Å². The van der Waals surface area contributed by atoms with Crippen LogP contribution >= 0.6 is 0 Å². The van der Waals surface area contributed by atoms with Crippen molar-refractivity contribution in [2.24, 2.45) is 5.92 Å². The molecular weight excluding hydrogens is 150 g/mol. The highest BCUT2D eigenvalue weighted by Gasteiger charge is 2.32. The molecule has 2 aliphatic rings. The van der Waals surface area contributed by atoms with E-state index in [0.717, 1.165) is 25.3 Å². The first-order chi connectivity index (χ1) is 5.77. The Kier molecular flexibility index (Phi) is 2.07. The minimum Gasteiger partial charge on any atom is -0.339 e. The second-order valence-corrected chi connectivity index (χ2v) is 4.27. The zero-order valence-electron chi connectivity index (χ0n) is 7.75. The van der Waals surface area contributed by atoms with Gasteiger partial charge in [-0.15, -0.1) is 0 Å². The molecule has 0 N–H and O–H groups in total. The van der Waals surface area contributed by atoms with Crippen LogP contribution in [0.3, 0.4) is 0 Å². The number of rotatable bonds is 0. The molecule has 2 rings (SSSR count). The summed E-state index contributed by atoms with van der Waals surface area (Å²) in [5.74, 6) is 1.13. The molecule has 1 amide bonds. The highest BCUT2D eigenvalue weighted by atomic mass is 16.2. The van der Waals surface area contributed by atoms with Crippen LogP contribution in [0.25, 0.3) is 0 Å². The van der Waals surface area contributed by atoms with E-state index in [0.29, 0.717) is 11.9 Å². The van der Waals surface area contributed by atoms with Gasteiger partial charge in [0.15, 0.2) is 0 Å². The average molecular weight is 167 g/mol. The monoisotopic (exact) mass is 167 g/mol. The van der Waals surface area contributed by atoms with Gasteiger partial charge in [-0.3, -0.25) is 4.79 Å². The maximum Gasteiger partial charge on any atom is 0.222 e. The van der Waals surface area contributed by atoms with E-state index in [9.17, 15) is 4.79 Å². The Morgan fingerprint density at radius 1 is 1.33 bits per heavy atom. The second kappa shape index (κ2) is 3.08. The first kappa shape index (κ1) is 8.09. The fourth-order valence-corrected chi connectivity index (χ4v) is 2.45. The Balaban J connectivity index is 2.05. The Labute approximate surface area is 73.9 Å². The number of piperidine rings is 2. The van der Waals surface area contributed by atoms with Crippen molar-refractivity contribution >= 4 is 5.91 Å². The van der Waals surface area contributed by atoms with Crippen LogP contribution in [0.5, 0.6) is 0 Å². The lowest BCUT2D eigenvalue weighted by atomic mass is 9.88. The number of hydrogen-bond donors (Lipinski definition) is 0. The van der Waals surface area contributed by atoms with Gasteiger partial charge in [-0.05, 0) is 31.6 Å². The standard InChI is InChI=1S/C10H17NO/c1-8-5-6-9-3-2-4-10(12)11(9)7-8/h8-9H,2-7H2,1H3. The molecule has 2 fully saturated rings. The molecule has 2 aliphatic heterocycles. The highest BCUT2D eigenvalue weighted by molar-refractivity contribution is 5.77. The normalized spacial score (nSPS) is 36.4. The summed E-state index contributed by atoms with van der Waals surface area (Å²) in [6.07, 6.45) is 5.72. The van der Waals surface area contributed by atoms with E-state index in [2.05, 4.69) is 11.8 Å². The molecule has 0 aliphatic carbocycles. The van der Waals surface area contributed by atoms with E-state index < -0.39 is 0 Å². The third-order valence-electron chi connectivity index (χ3n) is 3.19. The number of amides is 1. The molecule has 0 saturated carbocycles. The lowest BCUT2D eigenvalue weighted by Gasteiger charge is -2.41. The fraction of sp³-hybridized carbons (Fsp3) is 0.900. The molecule has 0 bridgehead atoms. The third-order valence-corrected chi connectivity index (χ3v) is 3.19. The lowest BCUT2D eigenvalue weighted by Crippen LogP contribution is -2.48. The molecule has 0 aromatic carbocycles. The Bertz CT molecular complexity index is 190. The van der Waals surface area contributed by atoms with Gasteiger partial charge in [-0.2, -0.15) is 0 Å². The molecule has 0 aromatic rings. The van der Waals surface area contributed by atoms with Gasteiger partial charge < -0.3 is 4.90 Å². The van der Waals surface area contributed by atoms with Gasteiger partial charge in [0.2, 0.25) is 5.91 Å². The molecule has 68 valence electrons. The number of fused-ring (bicyclic) bond motifs is 1. The van der Waals surface area contributed by atoms with Crippen molar-refractivity contribution in [2.75, 3.05) is 6.54 Å². The molecule has 0 spiro atoms. The van der Waals surface area contributed by atoms with Crippen LogP contribution in [-0.2, 0) is 4.79 Å². The summed E-state index contributed by atoms with van der Waals surface area (Å²) in [7, 11) is 0. The van der Waals surface area contributed by atoms with Crippen molar-refractivity contribution in [1.82, 2.24) is 4.90 Å². The fourth-order valence-electron chi connectivity index (χ4n) is 2.45. The predicted octanol–water partition coefficient (Wildman–Crippen LogP) is 1.80. The average Bonchev–Trinajstić information content (AvgIpc) is 2.07. The summed E-state index contributed by atoms with van der Waals surface area (Å²) in [6, 6.07) is 0.599. The maximum atomic E-state index is 11.5. The topological polar surface area (TPSA) is 20.3 Å². The van der Waals surface area contributed by atoms with Crippen LogP contribution in [0.4, 0.5) is 0 Å². The molecular formula is C10H17NO. The van der Waals surface area contributed by atoms with Gasteiger partial charge in [-0.1, -0.05) is 6.92 Å². The Morgan fingerprint density at radius 3 is 3.00 bits per heavy atom. The molecule has 2 nitrogen and oxygen atoms in total. The van der Waals surface area contributed by atoms with E-state index in [-0.39, 0.29) is 0 Å². The molecule has 2 heteroatoms. The Hall–Kier alpha value is -0.530. The van der Waals surface area contributed by atoms with Crippen LogP contribution in [0.1, 0.15) is 39.0 Å². The summed E-state index contributed by atoms with van der Waals surface area (Å²) in [5.41, 5.74) is 0. The van der Waals surface area contributed by atoms with Crippen molar-refractivity contribution in [3.8, 4) is 0 Å². The number of carbonyl (C=O) groups excluding carboxylic acids is 1.